The average Bonchev–Trinajstić information content (AvgIpc) is 3.31. The minimum Gasteiger partial charge on any atom is -0.476 e. The predicted molar refractivity (Wildman–Crippen MR) is 110 cm³/mol. The van der Waals surface area contributed by atoms with Crippen molar-refractivity contribution in [1.82, 2.24) is 15.5 Å². The van der Waals surface area contributed by atoms with Crippen LogP contribution in [0.2, 0.25) is 0 Å². The molecule has 0 saturated carbocycles. The third-order valence-corrected chi connectivity index (χ3v) is 6.01. The Kier molecular flexibility index (Phi) is 4.50. The van der Waals surface area contributed by atoms with E-state index in [2.05, 4.69) is 39.8 Å². The van der Waals surface area contributed by atoms with Crippen molar-refractivity contribution >= 4 is 12.1 Å². The second kappa shape index (κ2) is 7.33. The fourth-order valence-corrected chi connectivity index (χ4v) is 4.60. The van der Waals surface area contributed by atoms with Gasteiger partial charge in [0.1, 0.15) is 6.61 Å². The number of ether oxygens (including phenoxy) is 1. The minimum absolute atomic E-state index is 0.00796. The summed E-state index contributed by atoms with van der Waals surface area (Å²) in [6.07, 6.45) is 1.30. The first-order valence-corrected chi connectivity index (χ1v) is 10.0. The maximum absolute atomic E-state index is 12.5. The Labute approximate surface area is 173 Å². The van der Waals surface area contributed by atoms with Gasteiger partial charge in [0, 0.05) is 23.2 Å². The van der Waals surface area contributed by atoms with Crippen molar-refractivity contribution in [2.45, 2.75) is 31.2 Å². The standard InChI is InChI=1S/C23H21N3O4/c27-22(28)21-18-11-13(9-10-20(18)25-26-21)24-23(29)30-12-19-16-7-3-1-5-14(16)15-6-2-4-8-17(15)19/h1-8,13,19H,9-12H2,(H,24,29)(H,25,26)(H,27,28). The molecule has 0 aliphatic heterocycles. The van der Waals surface area contributed by atoms with Gasteiger partial charge in [-0.25, -0.2) is 9.59 Å². The number of benzene rings is 2. The van der Waals surface area contributed by atoms with Crippen molar-refractivity contribution in [2.24, 2.45) is 0 Å². The van der Waals surface area contributed by atoms with Gasteiger partial charge < -0.3 is 15.2 Å². The molecule has 30 heavy (non-hydrogen) atoms. The van der Waals surface area contributed by atoms with E-state index < -0.39 is 12.1 Å². The summed E-state index contributed by atoms with van der Waals surface area (Å²) in [4.78, 5) is 23.8. The fraction of sp³-hybridized carbons (Fsp3) is 0.261. The Morgan fingerprint density at radius 1 is 1.10 bits per heavy atom. The third kappa shape index (κ3) is 3.12. The van der Waals surface area contributed by atoms with E-state index in [1.54, 1.807) is 0 Å². The predicted octanol–water partition coefficient (Wildman–Crippen LogP) is 3.50. The number of hydrogen-bond acceptors (Lipinski definition) is 4. The zero-order valence-electron chi connectivity index (χ0n) is 16.2. The summed E-state index contributed by atoms with van der Waals surface area (Å²) in [5.74, 6) is -1.05. The lowest BCUT2D eigenvalue weighted by atomic mass is 9.91. The van der Waals surface area contributed by atoms with Crippen molar-refractivity contribution in [1.29, 1.82) is 0 Å². The zero-order valence-corrected chi connectivity index (χ0v) is 16.2. The highest BCUT2D eigenvalue weighted by Gasteiger charge is 2.30. The first kappa shape index (κ1) is 18.4. The van der Waals surface area contributed by atoms with Gasteiger partial charge in [-0.15, -0.1) is 0 Å². The third-order valence-electron chi connectivity index (χ3n) is 6.01. The quantitative estimate of drug-likeness (QED) is 0.618. The summed E-state index contributed by atoms with van der Waals surface area (Å²) < 4.78 is 5.60. The highest BCUT2D eigenvalue weighted by molar-refractivity contribution is 5.87. The zero-order chi connectivity index (χ0) is 20.7. The number of carboxylic acids is 1. The van der Waals surface area contributed by atoms with Gasteiger partial charge >= 0.3 is 12.1 Å². The normalized spacial score (nSPS) is 17.0. The second-order valence-corrected chi connectivity index (χ2v) is 7.74. The number of rotatable bonds is 4. The van der Waals surface area contributed by atoms with Crippen LogP contribution < -0.4 is 5.32 Å². The summed E-state index contributed by atoms with van der Waals surface area (Å²) in [6, 6.07) is 16.2. The SMILES string of the molecule is O=C(NC1CCc2[nH]nc(C(=O)O)c2C1)OCC1c2ccccc2-c2ccccc21. The molecule has 1 amide bonds. The van der Waals surface area contributed by atoms with Crippen LogP contribution >= 0.6 is 0 Å². The Bertz CT molecular complexity index is 1090. The van der Waals surface area contributed by atoms with Gasteiger partial charge in [0.05, 0.1) is 0 Å². The lowest BCUT2D eigenvalue weighted by Crippen LogP contribution is -2.39. The van der Waals surface area contributed by atoms with Gasteiger partial charge in [-0.2, -0.15) is 5.10 Å². The Balaban J connectivity index is 1.25. The summed E-state index contributed by atoms with van der Waals surface area (Å²) in [6.45, 7) is 0.254. The van der Waals surface area contributed by atoms with Crippen LogP contribution in [-0.2, 0) is 17.6 Å². The number of nitrogens with one attached hydrogen (secondary N) is 2. The number of carboxylic acid groups (broad SMARTS) is 1. The smallest absolute Gasteiger partial charge is 0.407 e. The molecule has 1 aromatic heterocycles. The van der Waals surface area contributed by atoms with Crippen molar-refractivity contribution in [3.05, 3.63) is 76.6 Å². The monoisotopic (exact) mass is 403 g/mol. The number of aryl methyl sites for hydroxylation is 1. The number of hydrogen-bond donors (Lipinski definition) is 3. The molecule has 2 aliphatic rings. The van der Waals surface area contributed by atoms with E-state index in [0.29, 0.717) is 24.8 Å². The Morgan fingerprint density at radius 3 is 2.43 bits per heavy atom. The molecule has 1 heterocycles. The summed E-state index contributed by atoms with van der Waals surface area (Å²) in [5, 5.41) is 18.8. The van der Waals surface area contributed by atoms with Crippen LogP contribution in [0.4, 0.5) is 4.79 Å². The van der Waals surface area contributed by atoms with Crippen LogP contribution in [0.25, 0.3) is 11.1 Å². The topological polar surface area (TPSA) is 104 Å². The van der Waals surface area contributed by atoms with Crippen molar-refractivity contribution < 1.29 is 19.4 Å². The highest BCUT2D eigenvalue weighted by Crippen LogP contribution is 2.44. The summed E-state index contributed by atoms with van der Waals surface area (Å²) in [5.41, 5.74) is 6.22. The molecule has 152 valence electrons. The van der Waals surface area contributed by atoms with Gasteiger partial charge in [-0.3, -0.25) is 5.10 Å². The second-order valence-electron chi connectivity index (χ2n) is 7.74. The molecule has 1 atom stereocenters. The molecular formula is C23H21N3O4. The molecule has 3 aromatic rings. The molecule has 0 spiro atoms. The van der Waals surface area contributed by atoms with Gasteiger partial charge in [0.15, 0.2) is 5.69 Å². The van der Waals surface area contributed by atoms with E-state index in [0.717, 1.165) is 5.69 Å². The molecule has 0 saturated heterocycles. The van der Waals surface area contributed by atoms with E-state index in [1.807, 2.05) is 24.3 Å². The number of carbonyl (C=O) groups is 2. The lowest BCUT2D eigenvalue weighted by Gasteiger charge is -2.23. The molecule has 0 fully saturated rings. The number of aromatic amines is 1. The van der Waals surface area contributed by atoms with Gasteiger partial charge in [0.25, 0.3) is 0 Å². The Hall–Kier alpha value is -3.61. The molecule has 7 nitrogen and oxygen atoms in total. The molecule has 3 N–H and O–H groups in total. The molecule has 2 aromatic carbocycles. The first-order valence-electron chi connectivity index (χ1n) is 10.0. The molecular weight excluding hydrogens is 382 g/mol. The molecule has 7 heteroatoms. The largest absolute Gasteiger partial charge is 0.476 e. The van der Waals surface area contributed by atoms with E-state index in [-0.39, 0.29) is 24.3 Å². The maximum atomic E-state index is 12.5. The maximum Gasteiger partial charge on any atom is 0.407 e. The van der Waals surface area contributed by atoms with Crippen molar-refractivity contribution in [2.75, 3.05) is 6.61 Å². The molecule has 0 radical (unpaired) electrons. The fourth-order valence-electron chi connectivity index (χ4n) is 4.60. The van der Waals surface area contributed by atoms with E-state index in [9.17, 15) is 14.7 Å². The number of nitrogens with zero attached hydrogens (tertiary/aromatic N) is 1. The van der Waals surface area contributed by atoms with Crippen molar-refractivity contribution in [3.63, 3.8) is 0 Å². The number of alkyl carbamates (subject to hydrolysis) is 1. The van der Waals surface area contributed by atoms with Gasteiger partial charge in [-0.05, 0) is 41.5 Å². The molecule has 5 rings (SSSR count). The lowest BCUT2D eigenvalue weighted by molar-refractivity contribution is 0.0689. The number of aromatic carboxylic acids is 1. The van der Waals surface area contributed by atoms with Crippen LogP contribution in [0.3, 0.4) is 0 Å². The highest BCUT2D eigenvalue weighted by atomic mass is 16.5. The Morgan fingerprint density at radius 2 is 1.77 bits per heavy atom. The number of H-pyrrole nitrogens is 1. The van der Waals surface area contributed by atoms with Crippen LogP contribution in [0, 0.1) is 0 Å². The van der Waals surface area contributed by atoms with Crippen LogP contribution in [0.1, 0.15) is 45.2 Å². The molecule has 2 aliphatic carbocycles. The summed E-state index contributed by atoms with van der Waals surface area (Å²) in [7, 11) is 0. The number of amides is 1. The number of aromatic nitrogens is 2. The average molecular weight is 403 g/mol. The van der Waals surface area contributed by atoms with E-state index >= 15 is 0 Å². The van der Waals surface area contributed by atoms with E-state index in [1.165, 1.54) is 22.3 Å². The van der Waals surface area contributed by atoms with Crippen LogP contribution in [0.15, 0.2) is 48.5 Å². The van der Waals surface area contributed by atoms with Gasteiger partial charge in [0.2, 0.25) is 0 Å². The van der Waals surface area contributed by atoms with Crippen LogP contribution in [0.5, 0.6) is 0 Å². The molecule has 1 unspecified atom stereocenters. The number of fused-ring (bicyclic) bond motifs is 4. The first-order chi connectivity index (χ1) is 14.6. The van der Waals surface area contributed by atoms with Gasteiger partial charge in [-0.1, -0.05) is 48.5 Å². The molecule has 0 bridgehead atoms. The summed E-state index contributed by atoms with van der Waals surface area (Å²) >= 11 is 0. The van der Waals surface area contributed by atoms with Crippen LogP contribution in [-0.4, -0.2) is 40.0 Å². The number of carbonyl (C=O) groups excluding carboxylic acids is 1. The minimum atomic E-state index is -1.06. The van der Waals surface area contributed by atoms with Crippen molar-refractivity contribution in [3.8, 4) is 11.1 Å². The van der Waals surface area contributed by atoms with E-state index in [4.69, 9.17) is 4.74 Å².